The fraction of sp³-hybridized carbons (Fsp3) is 0.364. The van der Waals surface area contributed by atoms with Crippen molar-refractivity contribution < 1.29 is 31.1 Å². The molecule has 0 saturated carbocycles. The van der Waals surface area contributed by atoms with E-state index in [0.717, 1.165) is 25.4 Å². The zero-order valence-corrected chi connectivity index (χ0v) is 12.9. The van der Waals surface area contributed by atoms with E-state index in [2.05, 4.69) is 0 Å². The van der Waals surface area contributed by atoms with Crippen molar-refractivity contribution in [2.75, 3.05) is 25.6 Å². The Morgan fingerprint density at radius 3 is 2.29 bits per heavy atom. The van der Waals surface area contributed by atoms with Crippen LogP contribution in [0.1, 0.15) is 10.4 Å². The molecule has 1 aromatic carbocycles. The van der Waals surface area contributed by atoms with Crippen molar-refractivity contribution in [2.45, 2.75) is 4.90 Å². The third-order valence-corrected chi connectivity index (χ3v) is 5.46. The van der Waals surface area contributed by atoms with E-state index in [9.17, 15) is 26.0 Å². The second-order valence-electron chi connectivity index (χ2n) is 4.41. The number of aromatic carboxylic acids is 1. The highest BCUT2D eigenvalue weighted by Gasteiger charge is 2.25. The molecule has 21 heavy (non-hydrogen) atoms. The van der Waals surface area contributed by atoms with Crippen molar-refractivity contribution in [3.8, 4) is 0 Å². The predicted octanol–water partition coefficient (Wildman–Crippen LogP) is 0.189. The normalized spacial score (nSPS) is 12.6. The van der Waals surface area contributed by atoms with E-state index in [-0.39, 0.29) is 12.1 Å². The number of sulfone groups is 1. The summed E-state index contributed by atoms with van der Waals surface area (Å²) in [5.41, 5.74) is -0.384. The van der Waals surface area contributed by atoms with Gasteiger partial charge in [0.2, 0.25) is 10.0 Å². The van der Waals surface area contributed by atoms with Gasteiger partial charge in [0.1, 0.15) is 20.5 Å². The van der Waals surface area contributed by atoms with Crippen molar-refractivity contribution in [1.29, 1.82) is 0 Å². The minimum Gasteiger partial charge on any atom is -0.478 e. The molecule has 0 unspecified atom stereocenters. The van der Waals surface area contributed by atoms with E-state index in [1.54, 1.807) is 0 Å². The van der Waals surface area contributed by atoms with Crippen LogP contribution in [0.15, 0.2) is 23.1 Å². The van der Waals surface area contributed by atoms with Crippen LogP contribution in [0, 0.1) is 5.82 Å². The van der Waals surface area contributed by atoms with E-state index < -0.39 is 42.3 Å². The highest BCUT2D eigenvalue weighted by Crippen LogP contribution is 2.19. The van der Waals surface area contributed by atoms with Gasteiger partial charge in [-0.3, -0.25) is 0 Å². The maximum atomic E-state index is 13.8. The molecule has 0 fully saturated rings. The first kappa shape index (κ1) is 17.5. The summed E-state index contributed by atoms with van der Waals surface area (Å²) >= 11 is 0. The molecule has 0 saturated heterocycles. The van der Waals surface area contributed by atoms with Gasteiger partial charge in [0.25, 0.3) is 0 Å². The predicted molar refractivity (Wildman–Crippen MR) is 72.9 cm³/mol. The summed E-state index contributed by atoms with van der Waals surface area (Å²) in [6.07, 6.45) is 0.954. The third-order valence-electron chi connectivity index (χ3n) is 2.64. The maximum Gasteiger partial charge on any atom is 0.335 e. The molecule has 10 heteroatoms. The molecule has 0 atom stereocenters. The fourth-order valence-electron chi connectivity index (χ4n) is 1.43. The molecule has 1 N–H and O–H groups in total. The monoisotopic (exact) mass is 339 g/mol. The van der Waals surface area contributed by atoms with Gasteiger partial charge in [-0.2, -0.15) is 4.31 Å². The van der Waals surface area contributed by atoms with Gasteiger partial charge in [-0.25, -0.2) is 26.0 Å². The van der Waals surface area contributed by atoms with E-state index in [1.807, 2.05) is 0 Å². The Morgan fingerprint density at radius 1 is 1.29 bits per heavy atom. The standard InChI is InChI=1S/C11H14FNO6S2/c1-13(5-6-20(2,16)17)21(18,19)10-4-3-8(11(14)15)7-9(10)12/h3-4,7H,5-6H2,1-2H3,(H,14,15). The van der Waals surface area contributed by atoms with Crippen molar-refractivity contribution in [3.63, 3.8) is 0 Å². The van der Waals surface area contributed by atoms with E-state index in [0.29, 0.717) is 10.4 Å². The molecule has 0 aliphatic carbocycles. The van der Waals surface area contributed by atoms with Crippen molar-refractivity contribution in [3.05, 3.63) is 29.6 Å². The van der Waals surface area contributed by atoms with Crippen LogP contribution in [0.3, 0.4) is 0 Å². The number of halogens is 1. The highest BCUT2D eigenvalue weighted by molar-refractivity contribution is 7.91. The lowest BCUT2D eigenvalue weighted by Crippen LogP contribution is -2.32. The van der Waals surface area contributed by atoms with Crippen molar-refractivity contribution >= 4 is 25.8 Å². The molecule has 118 valence electrons. The summed E-state index contributed by atoms with van der Waals surface area (Å²) in [7, 11) is -6.48. The number of carboxylic acids is 1. The number of rotatable bonds is 6. The summed E-state index contributed by atoms with van der Waals surface area (Å²) < 4.78 is 60.7. The Hall–Kier alpha value is -1.52. The summed E-state index contributed by atoms with van der Waals surface area (Å²) in [4.78, 5) is 9.96. The van der Waals surface area contributed by atoms with Crippen LogP contribution in [0.5, 0.6) is 0 Å². The Kier molecular flexibility index (Phi) is 5.07. The summed E-state index contributed by atoms with van der Waals surface area (Å²) in [6, 6.07) is 2.40. The lowest BCUT2D eigenvalue weighted by molar-refractivity contribution is 0.0696. The minimum atomic E-state index is -4.23. The maximum absolute atomic E-state index is 13.8. The number of nitrogens with zero attached hydrogens (tertiary/aromatic N) is 1. The molecule has 0 heterocycles. The van der Waals surface area contributed by atoms with Gasteiger partial charge in [0.15, 0.2) is 0 Å². The summed E-state index contributed by atoms with van der Waals surface area (Å²) in [6.45, 7) is -0.332. The smallest absolute Gasteiger partial charge is 0.335 e. The minimum absolute atomic E-state index is 0.332. The van der Waals surface area contributed by atoms with Gasteiger partial charge in [0.05, 0.1) is 11.3 Å². The van der Waals surface area contributed by atoms with Gasteiger partial charge in [0, 0.05) is 19.8 Å². The van der Waals surface area contributed by atoms with Gasteiger partial charge in [-0.05, 0) is 18.2 Å². The number of sulfonamides is 1. The lowest BCUT2D eigenvalue weighted by atomic mass is 10.2. The molecular formula is C11H14FNO6S2. The SMILES string of the molecule is CN(CCS(C)(=O)=O)S(=O)(=O)c1ccc(C(=O)O)cc1F. The number of hydrogen-bond acceptors (Lipinski definition) is 5. The Morgan fingerprint density at radius 2 is 1.86 bits per heavy atom. The number of carboxylic acid groups (broad SMARTS) is 1. The second-order valence-corrected chi connectivity index (χ2v) is 8.68. The van der Waals surface area contributed by atoms with E-state index >= 15 is 0 Å². The zero-order chi connectivity index (χ0) is 16.4. The molecule has 0 bridgehead atoms. The number of benzene rings is 1. The van der Waals surface area contributed by atoms with E-state index in [4.69, 9.17) is 5.11 Å². The molecule has 0 amide bonds. The first-order valence-corrected chi connectivity index (χ1v) is 9.12. The van der Waals surface area contributed by atoms with Crippen molar-refractivity contribution in [2.24, 2.45) is 0 Å². The molecule has 0 aliphatic heterocycles. The van der Waals surface area contributed by atoms with Crippen LogP contribution in [0.25, 0.3) is 0 Å². The average molecular weight is 339 g/mol. The van der Waals surface area contributed by atoms with Gasteiger partial charge in [-0.15, -0.1) is 0 Å². The molecule has 0 spiro atoms. The van der Waals surface area contributed by atoms with Crippen LogP contribution in [0.4, 0.5) is 4.39 Å². The first-order valence-electron chi connectivity index (χ1n) is 5.62. The van der Waals surface area contributed by atoms with Crippen LogP contribution in [-0.2, 0) is 19.9 Å². The second kappa shape index (κ2) is 6.08. The molecule has 1 rings (SSSR count). The van der Waals surface area contributed by atoms with Gasteiger partial charge >= 0.3 is 5.97 Å². The van der Waals surface area contributed by atoms with Gasteiger partial charge in [-0.1, -0.05) is 0 Å². The summed E-state index contributed by atoms with van der Waals surface area (Å²) in [5, 5.41) is 8.69. The summed E-state index contributed by atoms with van der Waals surface area (Å²) in [5.74, 6) is -3.00. The largest absolute Gasteiger partial charge is 0.478 e. The molecule has 0 radical (unpaired) electrons. The van der Waals surface area contributed by atoms with Crippen LogP contribution in [0.2, 0.25) is 0 Å². The molecule has 1 aromatic rings. The first-order chi connectivity index (χ1) is 9.45. The Balaban J connectivity index is 3.10. The number of carbonyl (C=O) groups is 1. The van der Waals surface area contributed by atoms with Crippen molar-refractivity contribution in [1.82, 2.24) is 4.31 Å². The average Bonchev–Trinajstić information content (AvgIpc) is 2.34. The topological polar surface area (TPSA) is 109 Å². The fourth-order valence-corrected chi connectivity index (χ4v) is 3.36. The molecule has 0 aromatic heterocycles. The van der Waals surface area contributed by atoms with Crippen LogP contribution < -0.4 is 0 Å². The molecular weight excluding hydrogens is 325 g/mol. The van der Waals surface area contributed by atoms with Crippen LogP contribution >= 0.6 is 0 Å². The Labute approximate surface area is 122 Å². The molecule has 7 nitrogen and oxygen atoms in total. The highest BCUT2D eigenvalue weighted by atomic mass is 32.2. The van der Waals surface area contributed by atoms with E-state index in [1.165, 1.54) is 0 Å². The molecule has 0 aliphatic rings. The Bertz CT molecular complexity index is 757. The van der Waals surface area contributed by atoms with Crippen LogP contribution in [-0.4, -0.2) is 57.8 Å². The number of hydrogen-bond donors (Lipinski definition) is 1. The third kappa shape index (κ3) is 4.48. The lowest BCUT2D eigenvalue weighted by Gasteiger charge is -2.17. The zero-order valence-electron chi connectivity index (χ0n) is 11.3. The quantitative estimate of drug-likeness (QED) is 0.792. The van der Waals surface area contributed by atoms with Gasteiger partial charge < -0.3 is 5.11 Å².